The summed E-state index contributed by atoms with van der Waals surface area (Å²) in [5.41, 5.74) is 0. The maximum Gasteiger partial charge on any atom is 0.192 e. The fourth-order valence-electron chi connectivity index (χ4n) is 2.10. The minimum Gasteiger partial charge on any atom is -0.413 e. The summed E-state index contributed by atoms with van der Waals surface area (Å²) in [5, 5.41) is 0.319. The van der Waals surface area contributed by atoms with E-state index in [0.29, 0.717) is 6.42 Å². The van der Waals surface area contributed by atoms with E-state index in [9.17, 15) is 0 Å². The molecule has 0 radical (unpaired) electrons. The molecular weight excluding hydrogens is 340 g/mol. The van der Waals surface area contributed by atoms with Gasteiger partial charge in [-0.2, -0.15) is 0 Å². The molecule has 0 aliphatic rings. The molecule has 25 heavy (non-hydrogen) atoms. The minimum absolute atomic E-state index is 0.00124. The number of hydrogen-bond donors (Lipinski definition) is 0. The Morgan fingerprint density at radius 2 is 1.36 bits per heavy atom. The average Bonchev–Trinajstić information content (AvgIpc) is 2.40. The second-order valence-corrected chi connectivity index (χ2v) is 19.8. The smallest absolute Gasteiger partial charge is 0.192 e. The molecule has 0 saturated heterocycles. The lowest BCUT2D eigenvalue weighted by atomic mass is 9.96. The van der Waals surface area contributed by atoms with Gasteiger partial charge in [0.2, 0.25) is 0 Å². The van der Waals surface area contributed by atoms with Gasteiger partial charge in [-0.1, -0.05) is 54.5 Å². The summed E-state index contributed by atoms with van der Waals surface area (Å²) in [5.74, 6) is 2.99. The first-order valence-electron chi connectivity index (χ1n) is 9.42. The number of rotatable bonds is 8. The summed E-state index contributed by atoms with van der Waals surface area (Å²) >= 11 is 0. The van der Waals surface area contributed by atoms with Crippen molar-refractivity contribution in [2.24, 2.45) is 5.92 Å². The van der Waals surface area contributed by atoms with Gasteiger partial charge in [0, 0.05) is 12.3 Å². The monoisotopic (exact) mass is 382 g/mol. The van der Waals surface area contributed by atoms with Gasteiger partial charge in [0.25, 0.3) is 0 Å². The molecule has 0 saturated carbocycles. The third-order valence-corrected chi connectivity index (χ3v) is 15.1. The van der Waals surface area contributed by atoms with E-state index >= 15 is 0 Å². The van der Waals surface area contributed by atoms with Crippen LogP contribution in [0.15, 0.2) is 12.7 Å². The molecular formula is C21H42O2Si2. The Kier molecular flexibility index (Phi) is 8.44. The van der Waals surface area contributed by atoms with E-state index in [1.165, 1.54) is 0 Å². The van der Waals surface area contributed by atoms with Crippen LogP contribution in [-0.4, -0.2) is 28.8 Å². The highest BCUT2D eigenvalue weighted by Gasteiger charge is 2.43. The summed E-state index contributed by atoms with van der Waals surface area (Å²) in [4.78, 5) is 0. The third kappa shape index (κ3) is 6.71. The van der Waals surface area contributed by atoms with E-state index in [-0.39, 0.29) is 28.2 Å². The van der Waals surface area contributed by atoms with Gasteiger partial charge in [0.1, 0.15) is 0 Å². The van der Waals surface area contributed by atoms with Crippen LogP contribution in [0.1, 0.15) is 54.9 Å². The maximum absolute atomic E-state index is 6.67. The highest BCUT2D eigenvalue weighted by Crippen LogP contribution is 2.41. The predicted molar refractivity (Wildman–Crippen MR) is 117 cm³/mol. The fraction of sp³-hybridized carbons (Fsp3) is 0.810. The highest BCUT2D eigenvalue weighted by atomic mass is 28.4. The van der Waals surface area contributed by atoms with Crippen LogP contribution in [0.5, 0.6) is 0 Å². The molecule has 3 atom stereocenters. The standard InChI is InChI=1S/C21H42O2Si2/c1-14-16-19(23-25(12,13)21(7,8)9)17(3)18(15-2)22-24(10,11)20(4,5)6/h1,15,17-19H,2,16H2,3-13H3/t17-,18-,19+/m1/s1. The summed E-state index contributed by atoms with van der Waals surface area (Å²) in [6.07, 6.45) is 8.17. The molecule has 0 aromatic carbocycles. The normalized spacial score (nSPS) is 17.5. The Hall–Kier alpha value is -0.346. The molecule has 0 heterocycles. The van der Waals surface area contributed by atoms with Crippen LogP contribution in [0.4, 0.5) is 0 Å². The first-order chi connectivity index (χ1) is 11.0. The van der Waals surface area contributed by atoms with Crippen LogP contribution < -0.4 is 0 Å². The molecule has 0 N–H and O–H groups in total. The van der Waals surface area contributed by atoms with Gasteiger partial charge in [-0.15, -0.1) is 18.9 Å². The highest BCUT2D eigenvalue weighted by molar-refractivity contribution is 6.74. The summed E-state index contributed by atoms with van der Waals surface area (Å²) in [7, 11) is -3.78. The van der Waals surface area contributed by atoms with Crippen molar-refractivity contribution in [1.82, 2.24) is 0 Å². The first-order valence-corrected chi connectivity index (χ1v) is 15.2. The van der Waals surface area contributed by atoms with E-state index in [4.69, 9.17) is 15.3 Å². The molecule has 0 aliphatic carbocycles. The molecule has 0 bridgehead atoms. The Balaban J connectivity index is 5.47. The number of terminal acetylenes is 1. The Morgan fingerprint density at radius 3 is 1.68 bits per heavy atom. The van der Waals surface area contributed by atoms with E-state index < -0.39 is 16.6 Å². The van der Waals surface area contributed by atoms with Crippen molar-refractivity contribution in [3.05, 3.63) is 12.7 Å². The van der Waals surface area contributed by atoms with Gasteiger partial charge in [-0.05, 0) is 36.3 Å². The van der Waals surface area contributed by atoms with E-state index in [0.717, 1.165) is 0 Å². The summed E-state index contributed by atoms with van der Waals surface area (Å²) in [6, 6.07) is 0. The van der Waals surface area contributed by atoms with Crippen molar-refractivity contribution < 1.29 is 8.85 Å². The topological polar surface area (TPSA) is 18.5 Å². The van der Waals surface area contributed by atoms with Crippen molar-refractivity contribution in [3.63, 3.8) is 0 Å². The van der Waals surface area contributed by atoms with E-state index in [1.807, 2.05) is 6.08 Å². The molecule has 4 heteroatoms. The van der Waals surface area contributed by atoms with Gasteiger partial charge in [0.15, 0.2) is 16.6 Å². The van der Waals surface area contributed by atoms with E-state index in [2.05, 4.69) is 87.2 Å². The van der Waals surface area contributed by atoms with Gasteiger partial charge < -0.3 is 8.85 Å². The molecule has 0 fully saturated rings. The lowest BCUT2D eigenvalue weighted by Gasteiger charge is -2.44. The van der Waals surface area contributed by atoms with E-state index in [1.54, 1.807) is 0 Å². The quantitative estimate of drug-likeness (QED) is 0.267. The molecule has 0 aromatic rings. The SMILES string of the molecule is C#CC[C@H](O[Si](C)(C)C(C)(C)C)[C@H](C)[C@@H](C=C)O[Si](C)(C)C(C)(C)C. The minimum atomic E-state index is -1.90. The van der Waals surface area contributed by atoms with Crippen molar-refractivity contribution in [1.29, 1.82) is 0 Å². The molecule has 0 rings (SSSR count). The maximum atomic E-state index is 6.67. The zero-order valence-corrected chi connectivity index (χ0v) is 20.6. The second kappa shape index (κ2) is 8.56. The molecule has 0 amide bonds. The third-order valence-electron chi connectivity index (χ3n) is 6.15. The molecule has 146 valence electrons. The van der Waals surface area contributed by atoms with Crippen LogP contribution in [-0.2, 0) is 8.85 Å². The molecule has 0 aliphatic heterocycles. The van der Waals surface area contributed by atoms with Crippen molar-refractivity contribution >= 4 is 16.6 Å². The predicted octanol–water partition coefficient (Wildman–Crippen LogP) is 6.61. The van der Waals surface area contributed by atoms with Gasteiger partial charge in [-0.25, -0.2) is 0 Å². The van der Waals surface area contributed by atoms with Gasteiger partial charge >= 0.3 is 0 Å². The molecule has 0 unspecified atom stereocenters. The molecule has 0 spiro atoms. The second-order valence-electron chi connectivity index (χ2n) is 10.3. The van der Waals surface area contributed by atoms with Gasteiger partial charge in [0.05, 0.1) is 12.2 Å². The van der Waals surface area contributed by atoms with Crippen molar-refractivity contribution in [2.75, 3.05) is 0 Å². The van der Waals surface area contributed by atoms with Crippen LogP contribution in [0.25, 0.3) is 0 Å². The lowest BCUT2D eigenvalue weighted by molar-refractivity contribution is 0.0604. The Morgan fingerprint density at radius 1 is 0.960 bits per heavy atom. The summed E-state index contributed by atoms with van der Waals surface area (Å²) in [6.45, 7) is 28.9. The van der Waals surface area contributed by atoms with Crippen LogP contribution >= 0.6 is 0 Å². The van der Waals surface area contributed by atoms with Crippen LogP contribution in [0, 0.1) is 18.3 Å². The average molecular weight is 383 g/mol. The molecule has 0 aromatic heterocycles. The Labute approximate surface area is 160 Å². The fourth-order valence-corrected chi connectivity index (χ4v) is 4.86. The van der Waals surface area contributed by atoms with Crippen molar-refractivity contribution in [3.8, 4) is 12.3 Å². The molecule has 2 nitrogen and oxygen atoms in total. The Bertz CT molecular complexity index is 476. The first kappa shape index (κ1) is 24.7. The lowest BCUT2D eigenvalue weighted by Crippen LogP contribution is -2.50. The largest absolute Gasteiger partial charge is 0.413 e. The van der Waals surface area contributed by atoms with Crippen molar-refractivity contribution in [2.45, 2.75) is 103 Å². The summed E-state index contributed by atoms with van der Waals surface area (Å²) < 4.78 is 13.3. The zero-order chi connectivity index (χ0) is 20.3. The van der Waals surface area contributed by atoms with Crippen LogP contribution in [0.3, 0.4) is 0 Å². The zero-order valence-electron chi connectivity index (χ0n) is 18.6. The van der Waals surface area contributed by atoms with Gasteiger partial charge in [-0.3, -0.25) is 0 Å². The van der Waals surface area contributed by atoms with Crippen LogP contribution in [0.2, 0.25) is 36.3 Å². The number of hydrogen-bond acceptors (Lipinski definition) is 2.